The maximum atomic E-state index is 13.1. The van der Waals surface area contributed by atoms with Gasteiger partial charge in [-0.05, 0) is 67.6 Å². The molecule has 3 aromatic rings. The molecule has 1 aliphatic carbocycles. The number of aromatic nitrogens is 3. The lowest BCUT2D eigenvalue weighted by atomic mass is 9.84. The summed E-state index contributed by atoms with van der Waals surface area (Å²) in [5, 5.41) is 0.652. The molecule has 2 aromatic heterocycles. The predicted octanol–water partition coefficient (Wildman–Crippen LogP) is 3.68. The average Bonchev–Trinajstić information content (AvgIpc) is 3.16. The molecule has 2 fully saturated rings. The maximum Gasteiger partial charge on any atom is 0.242 e. The number of allylic oxidation sites excluding steroid dienone is 1. The Balaban J connectivity index is 1.20. The van der Waals surface area contributed by atoms with Crippen molar-refractivity contribution in [3.8, 4) is 0 Å². The van der Waals surface area contributed by atoms with Gasteiger partial charge in [-0.3, -0.25) is 14.6 Å². The Kier molecular flexibility index (Phi) is 6.77. The molecule has 0 amide bonds. The molecule has 8 nitrogen and oxygen atoms in total. The first-order valence-electron chi connectivity index (χ1n) is 11.5. The summed E-state index contributed by atoms with van der Waals surface area (Å²) in [6.45, 7) is 0. The highest BCUT2D eigenvalue weighted by Crippen LogP contribution is 2.31. The smallest absolute Gasteiger partial charge is 0.242 e. The number of benzene rings is 1. The normalized spacial score (nSPS) is 22.2. The number of nitrogens with one attached hydrogen (secondary N) is 1. The summed E-state index contributed by atoms with van der Waals surface area (Å²) in [7, 11) is -3.69. The van der Waals surface area contributed by atoms with Crippen LogP contribution in [0.5, 0.6) is 0 Å². The number of carbonyl (C=O) groups excluding carboxylic acids is 2. The molecule has 1 N–H and O–H groups in total. The number of para-hydroxylation sites is 1. The van der Waals surface area contributed by atoms with Crippen LogP contribution in [-0.2, 0) is 26.0 Å². The van der Waals surface area contributed by atoms with Crippen LogP contribution in [-0.4, -0.2) is 40.3 Å². The van der Waals surface area contributed by atoms with E-state index in [-0.39, 0.29) is 28.3 Å². The van der Waals surface area contributed by atoms with Gasteiger partial charge in [0.15, 0.2) is 5.78 Å². The van der Waals surface area contributed by atoms with Gasteiger partial charge >= 0.3 is 0 Å². The van der Waals surface area contributed by atoms with E-state index in [9.17, 15) is 18.0 Å². The minimum absolute atomic E-state index is 0.0571. The second-order valence-electron chi connectivity index (χ2n) is 8.85. The van der Waals surface area contributed by atoms with Crippen LogP contribution in [0.3, 0.4) is 0 Å². The largest absolute Gasteiger partial charge is 0.293 e. The molecule has 0 spiro atoms. The third kappa shape index (κ3) is 5.50. The quantitative estimate of drug-likeness (QED) is 0.396. The molecule has 180 valence electrons. The van der Waals surface area contributed by atoms with E-state index in [1.165, 1.54) is 0 Å². The number of nitrogens with zero attached hydrogens (tertiary/aromatic N) is 3. The van der Waals surface area contributed by atoms with Gasteiger partial charge in [-0.1, -0.05) is 18.2 Å². The maximum absolute atomic E-state index is 13.1. The fraction of sp³-hybridized carbons (Fsp3) is 0.320. The first kappa shape index (κ1) is 23.8. The van der Waals surface area contributed by atoms with Crippen molar-refractivity contribution in [3.05, 3.63) is 65.2 Å². The molecule has 1 aromatic carbocycles. The fourth-order valence-electron chi connectivity index (χ4n) is 4.59. The van der Waals surface area contributed by atoms with Crippen molar-refractivity contribution >= 4 is 49.7 Å². The molecule has 5 rings (SSSR count). The molecule has 10 heteroatoms. The number of carbonyl (C=O) groups is 2. The van der Waals surface area contributed by atoms with Crippen LogP contribution in [0.4, 0.5) is 0 Å². The van der Waals surface area contributed by atoms with Crippen molar-refractivity contribution in [2.45, 2.75) is 49.5 Å². The molecule has 0 unspecified atom stereocenters. The molecule has 1 saturated heterocycles. The summed E-state index contributed by atoms with van der Waals surface area (Å²) in [6.07, 6.45) is 8.73. The molecular weight excluding hydrogens is 484 g/mol. The summed E-state index contributed by atoms with van der Waals surface area (Å²) >= 11 is 0.966. The Morgan fingerprint density at radius 2 is 1.80 bits per heavy atom. The first-order valence-corrected chi connectivity index (χ1v) is 13.8. The van der Waals surface area contributed by atoms with Crippen molar-refractivity contribution in [2.75, 3.05) is 0 Å². The summed E-state index contributed by atoms with van der Waals surface area (Å²) < 4.78 is 29.0. The number of fused-ring (bicyclic) bond motifs is 1. The number of thioether (sulfide) groups is 1. The minimum Gasteiger partial charge on any atom is -0.293 e. The van der Waals surface area contributed by atoms with Gasteiger partial charge < -0.3 is 0 Å². The minimum atomic E-state index is -3.69. The van der Waals surface area contributed by atoms with Gasteiger partial charge in [-0.15, -0.1) is 0 Å². The average molecular weight is 509 g/mol. The summed E-state index contributed by atoms with van der Waals surface area (Å²) in [5.41, 5.74) is 1.09. The third-order valence-corrected chi connectivity index (χ3v) is 8.82. The summed E-state index contributed by atoms with van der Waals surface area (Å²) in [6, 6.07) is 10.4. The molecule has 0 atom stereocenters. The molecular formula is C25H24N4O4S2. The molecule has 0 bridgehead atoms. The van der Waals surface area contributed by atoms with Crippen LogP contribution in [0.25, 0.3) is 17.0 Å². The van der Waals surface area contributed by atoms with E-state index in [1.807, 2.05) is 12.1 Å². The van der Waals surface area contributed by atoms with Crippen molar-refractivity contribution in [2.24, 2.45) is 5.92 Å². The lowest BCUT2D eigenvalue weighted by Crippen LogP contribution is -2.38. The van der Waals surface area contributed by atoms with Crippen LogP contribution >= 0.6 is 11.8 Å². The van der Waals surface area contributed by atoms with E-state index in [0.29, 0.717) is 34.3 Å². The fourth-order valence-corrected chi connectivity index (χ4v) is 6.89. The summed E-state index contributed by atoms with van der Waals surface area (Å²) in [4.78, 5) is 37.2. The Morgan fingerprint density at radius 3 is 2.57 bits per heavy atom. The van der Waals surface area contributed by atoms with E-state index >= 15 is 0 Å². The van der Waals surface area contributed by atoms with Gasteiger partial charge in [0.2, 0.25) is 15.1 Å². The lowest BCUT2D eigenvalue weighted by molar-refractivity contribution is -0.119. The zero-order chi connectivity index (χ0) is 24.4. The number of rotatable bonds is 6. The number of hydrogen-bond donors (Lipinski definition) is 1. The van der Waals surface area contributed by atoms with E-state index in [0.717, 1.165) is 42.8 Å². The predicted molar refractivity (Wildman–Crippen MR) is 134 cm³/mol. The number of hydrogen-bond acceptors (Lipinski definition) is 8. The number of sulfonamides is 1. The van der Waals surface area contributed by atoms with Crippen LogP contribution in [0, 0.1) is 5.92 Å². The zero-order valence-electron chi connectivity index (χ0n) is 18.9. The third-order valence-electron chi connectivity index (χ3n) is 6.33. The van der Waals surface area contributed by atoms with Crippen LogP contribution in [0.1, 0.15) is 43.6 Å². The van der Waals surface area contributed by atoms with Gasteiger partial charge in [0, 0.05) is 30.2 Å². The molecule has 3 heterocycles. The second-order valence-corrected chi connectivity index (χ2v) is 11.6. The SMILES string of the molecule is O=C1CC(=O)/C(=C/c2ccnc(CC3CCC(NS(=O)(=O)c4cccc5cccnc45)CC3)n2)S1. The highest BCUT2D eigenvalue weighted by Gasteiger charge is 2.28. The van der Waals surface area contributed by atoms with E-state index in [2.05, 4.69) is 19.7 Å². The second kappa shape index (κ2) is 9.96. The Morgan fingerprint density at radius 1 is 1.00 bits per heavy atom. The van der Waals surface area contributed by atoms with Crippen molar-refractivity contribution in [1.82, 2.24) is 19.7 Å². The Labute approximate surface area is 207 Å². The van der Waals surface area contributed by atoms with E-state index in [4.69, 9.17) is 0 Å². The molecule has 35 heavy (non-hydrogen) atoms. The number of ketones is 1. The first-order chi connectivity index (χ1) is 16.9. The zero-order valence-corrected chi connectivity index (χ0v) is 20.5. The van der Waals surface area contributed by atoms with Gasteiger partial charge in [0.05, 0.1) is 22.5 Å². The van der Waals surface area contributed by atoms with Gasteiger partial charge in [0.1, 0.15) is 10.7 Å². The molecule has 1 saturated carbocycles. The van der Waals surface area contributed by atoms with Crippen molar-refractivity contribution in [3.63, 3.8) is 0 Å². The van der Waals surface area contributed by atoms with Crippen LogP contribution < -0.4 is 4.72 Å². The highest BCUT2D eigenvalue weighted by atomic mass is 32.2. The Hall–Kier alpha value is -2.95. The topological polar surface area (TPSA) is 119 Å². The van der Waals surface area contributed by atoms with Gasteiger partial charge in [-0.25, -0.2) is 23.1 Å². The molecule has 2 aliphatic rings. The van der Waals surface area contributed by atoms with Crippen LogP contribution in [0.15, 0.2) is 58.6 Å². The molecule has 0 radical (unpaired) electrons. The van der Waals surface area contributed by atoms with Gasteiger partial charge in [0.25, 0.3) is 0 Å². The number of pyridine rings is 1. The standard InChI is InChI=1S/C25H24N4O4S2/c30-20-15-24(31)34-21(20)14-19-10-12-26-23(28-19)13-16-6-8-18(9-7-16)29-35(32,33)22-5-1-3-17-4-2-11-27-25(17)22/h1-5,10-12,14,16,18,29H,6-9,13,15H2/b21-14-. The van der Waals surface area contributed by atoms with Gasteiger partial charge in [-0.2, -0.15) is 0 Å². The molecule has 1 aliphatic heterocycles. The van der Waals surface area contributed by atoms with Crippen molar-refractivity contribution in [1.29, 1.82) is 0 Å². The lowest BCUT2D eigenvalue weighted by Gasteiger charge is -2.28. The van der Waals surface area contributed by atoms with E-state index < -0.39 is 10.0 Å². The highest BCUT2D eigenvalue weighted by molar-refractivity contribution is 8.18. The van der Waals surface area contributed by atoms with Crippen molar-refractivity contribution < 1.29 is 18.0 Å². The monoisotopic (exact) mass is 508 g/mol. The van der Waals surface area contributed by atoms with Crippen LogP contribution in [0.2, 0.25) is 0 Å². The summed E-state index contributed by atoms with van der Waals surface area (Å²) in [5.74, 6) is 0.870. The Bertz CT molecular complexity index is 1420. The van der Waals surface area contributed by atoms with E-state index in [1.54, 1.807) is 42.7 Å². The number of Topliss-reactive ketones (excluding diaryl/α,β-unsaturated/α-hetero) is 1.